The lowest BCUT2D eigenvalue weighted by molar-refractivity contribution is -0.133. The van der Waals surface area contributed by atoms with Gasteiger partial charge in [-0.15, -0.1) is 11.6 Å². The van der Waals surface area contributed by atoms with Crippen molar-refractivity contribution >= 4 is 34.0 Å². The van der Waals surface area contributed by atoms with E-state index < -0.39 is 5.54 Å². The van der Waals surface area contributed by atoms with E-state index in [9.17, 15) is 4.79 Å². The van der Waals surface area contributed by atoms with Crippen LogP contribution in [-0.4, -0.2) is 53.4 Å². The second kappa shape index (κ2) is 9.13. The number of fused-ring (bicyclic) bond motifs is 1. The molecule has 0 atom stereocenters. The Morgan fingerprint density at radius 3 is 2.38 bits per heavy atom. The van der Waals surface area contributed by atoms with Crippen LogP contribution < -0.4 is 4.90 Å². The predicted octanol–water partition coefficient (Wildman–Crippen LogP) is 5.11. The fourth-order valence-corrected chi connectivity index (χ4v) is 5.50. The number of hydrogen-bond donors (Lipinski definition) is 0. The zero-order valence-electron chi connectivity index (χ0n) is 18.4. The quantitative estimate of drug-likeness (QED) is 0.491. The molecule has 0 unspecified atom stereocenters. The highest BCUT2D eigenvalue weighted by Gasteiger charge is 2.53. The number of carbonyl (C=O) groups is 1. The molecule has 32 heavy (non-hydrogen) atoms. The smallest absolute Gasteiger partial charge is 0.250 e. The first kappa shape index (κ1) is 21.3. The molecule has 1 spiro atoms. The van der Waals surface area contributed by atoms with E-state index in [-0.39, 0.29) is 5.91 Å². The molecule has 0 saturated carbocycles. The molecule has 2 aliphatic rings. The summed E-state index contributed by atoms with van der Waals surface area (Å²) in [6.07, 6.45) is 2.53. The third kappa shape index (κ3) is 3.87. The van der Waals surface area contributed by atoms with Gasteiger partial charge in [0, 0.05) is 37.7 Å². The molecule has 1 amide bonds. The molecular weight excluding hydrogens is 418 g/mol. The van der Waals surface area contributed by atoms with Crippen LogP contribution in [0.15, 0.2) is 72.8 Å². The van der Waals surface area contributed by atoms with E-state index in [1.807, 2.05) is 11.0 Å². The van der Waals surface area contributed by atoms with Crippen LogP contribution in [0.4, 0.5) is 5.69 Å². The van der Waals surface area contributed by atoms with Gasteiger partial charge in [-0.05, 0) is 47.7 Å². The minimum absolute atomic E-state index is 0.274. The van der Waals surface area contributed by atoms with E-state index in [0.29, 0.717) is 12.5 Å². The molecule has 2 aliphatic heterocycles. The van der Waals surface area contributed by atoms with Gasteiger partial charge in [0.1, 0.15) is 5.54 Å². The Hall–Kier alpha value is -2.56. The molecule has 0 N–H and O–H groups in total. The lowest BCUT2D eigenvalue weighted by Gasteiger charge is -2.43. The molecule has 3 aromatic carbocycles. The van der Waals surface area contributed by atoms with Crippen molar-refractivity contribution in [3.63, 3.8) is 0 Å². The number of para-hydroxylation sites is 1. The normalized spacial score (nSPS) is 18.7. The average Bonchev–Trinajstić information content (AvgIpc) is 3.11. The summed E-state index contributed by atoms with van der Waals surface area (Å²) < 4.78 is 0. The lowest BCUT2D eigenvalue weighted by Crippen LogP contribution is -2.56. The van der Waals surface area contributed by atoms with Gasteiger partial charge in [-0.1, -0.05) is 60.7 Å². The van der Waals surface area contributed by atoms with Gasteiger partial charge in [0.25, 0.3) is 0 Å². The maximum Gasteiger partial charge on any atom is 0.250 e. The molecule has 2 heterocycles. The monoisotopic (exact) mass is 447 g/mol. The van der Waals surface area contributed by atoms with E-state index >= 15 is 0 Å². The first-order valence-corrected chi connectivity index (χ1v) is 12.1. The van der Waals surface area contributed by atoms with Crippen molar-refractivity contribution < 1.29 is 4.79 Å². The standard InChI is InChI=1S/C27H30ClN3O/c28-16-7-17-30-21-31(24-11-2-1-3-12-24)27(26(30)32)14-18-29(19-15-27)20-23-10-6-9-22-8-4-5-13-25(22)23/h1-6,8-13H,7,14-21H2. The van der Waals surface area contributed by atoms with Crippen molar-refractivity contribution in [2.24, 2.45) is 0 Å². The maximum absolute atomic E-state index is 13.6. The Bertz CT molecular complexity index is 1070. The summed E-state index contributed by atoms with van der Waals surface area (Å²) in [5.74, 6) is 0.859. The maximum atomic E-state index is 13.6. The molecule has 3 aromatic rings. The second-order valence-corrected chi connectivity index (χ2v) is 9.34. The fraction of sp³-hybridized carbons (Fsp3) is 0.370. The van der Waals surface area contributed by atoms with Crippen molar-refractivity contribution in [2.45, 2.75) is 31.3 Å². The Kier molecular flexibility index (Phi) is 6.07. The van der Waals surface area contributed by atoms with Gasteiger partial charge in [0.2, 0.25) is 5.91 Å². The molecule has 4 nitrogen and oxygen atoms in total. The number of alkyl halides is 1. The Morgan fingerprint density at radius 2 is 1.59 bits per heavy atom. The minimum Gasteiger partial charge on any atom is -0.339 e. The first-order chi connectivity index (χ1) is 15.7. The third-order valence-electron chi connectivity index (χ3n) is 7.10. The number of benzene rings is 3. The summed E-state index contributed by atoms with van der Waals surface area (Å²) in [4.78, 5) is 20.5. The highest BCUT2D eigenvalue weighted by atomic mass is 35.5. The average molecular weight is 448 g/mol. The molecule has 0 aromatic heterocycles. The molecular formula is C27H30ClN3O. The summed E-state index contributed by atoms with van der Waals surface area (Å²) in [6, 6.07) is 25.6. The summed E-state index contributed by atoms with van der Waals surface area (Å²) in [5.41, 5.74) is 2.06. The SMILES string of the molecule is O=C1N(CCCCl)CN(c2ccccc2)C12CCN(Cc1cccc3ccccc13)CC2. The molecule has 2 saturated heterocycles. The largest absolute Gasteiger partial charge is 0.339 e. The van der Waals surface area contributed by atoms with Crippen LogP contribution in [0.5, 0.6) is 0 Å². The van der Waals surface area contributed by atoms with Crippen molar-refractivity contribution in [2.75, 3.05) is 37.1 Å². The first-order valence-electron chi connectivity index (χ1n) is 11.6. The number of piperidine rings is 1. The molecule has 2 fully saturated rings. The molecule has 0 bridgehead atoms. The number of halogens is 1. The minimum atomic E-state index is -0.442. The van der Waals surface area contributed by atoms with Crippen LogP contribution in [0.3, 0.4) is 0 Å². The third-order valence-corrected chi connectivity index (χ3v) is 7.37. The van der Waals surface area contributed by atoms with E-state index in [4.69, 9.17) is 11.6 Å². The number of rotatable bonds is 6. The van der Waals surface area contributed by atoms with Crippen molar-refractivity contribution in [3.8, 4) is 0 Å². The lowest BCUT2D eigenvalue weighted by atomic mass is 9.85. The predicted molar refractivity (Wildman–Crippen MR) is 132 cm³/mol. The number of anilines is 1. The van der Waals surface area contributed by atoms with Gasteiger partial charge in [-0.2, -0.15) is 0 Å². The molecule has 0 aliphatic carbocycles. The van der Waals surface area contributed by atoms with Crippen LogP contribution in [0.1, 0.15) is 24.8 Å². The molecule has 5 heteroatoms. The van der Waals surface area contributed by atoms with Crippen molar-refractivity contribution in [3.05, 3.63) is 78.4 Å². The summed E-state index contributed by atoms with van der Waals surface area (Å²) in [6.45, 7) is 4.15. The summed E-state index contributed by atoms with van der Waals surface area (Å²) >= 11 is 5.94. The highest BCUT2D eigenvalue weighted by molar-refractivity contribution is 6.17. The highest BCUT2D eigenvalue weighted by Crippen LogP contribution is 2.40. The number of likely N-dealkylation sites (tertiary alicyclic amines) is 1. The van der Waals surface area contributed by atoms with E-state index in [1.54, 1.807) is 0 Å². The van der Waals surface area contributed by atoms with E-state index in [2.05, 4.69) is 76.5 Å². The number of nitrogens with zero attached hydrogens (tertiary/aromatic N) is 3. The van der Waals surface area contributed by atoms with Crippen LogP contribution in [0, 0.1) is 0 Å². The van der Waals surface area contributed by atoms with E-state index in [0.717, 1.165) is 51.1 Å². The van der Waals surface area contributed by atoms with Crippen LogP contribution in [-0.2, 0) is 11.3 Å². The topological polar surface area (TPSA) is 26.8 Å². The molecule has 5 rings (SSSR count). The Labute approximate surface area is 195 Å². The van der Waals surface area contributed by atoms with Crippen LogP contribution in [0.25, 0.3) is 10.8 Å². The molecule has 0 radical (unpaired) electrons. The number of hydrogen-bond acceptors (Lipinski definition) is 3. The van der Waals surface area contributed by atoms with Gasteiger partial charge in [0.05, 0.1) is 6.67 Å². The van der Waals surface area contributed by atoms with Gasteiger partial charge >= 0.3 is 0 Å². The van der Waals surface area contributed by atoms with Crippen molar-refractivity contribution in [1.82, 2.24) is 9.80 Å². The zero-order valence-corrected chi connectivity index (χ0v) is 19.2. The van der Waals surface area contributed by atoms with Crippen LogP contribution in [0.2, 0.25) is 0 Å². The fourth-order valence-electron chi connectivity index (χ4n) is 5.38. The van der Waals surface area contributed by atoms with Crippen molar-refractivity contribution in [1.29, 1.82) is 0 Å². The second-order valence-electron chi connectivity index (χ2n) is 8.96. The zero-order chi connectivity index (χ0) is 22.0. The number of amides is 1. The number of carbonyl (C=O) groups excluding carboxylic acids is 1. The van der Waals surface area contributed by atoms with Crippen LogP contribution >= 0.6 is 11.6 Å². The van der Waals surface area contributed by atoms with Gasteiger partial charge in [0.15, 0.2) is 0 Å². The van der Waals surface area contributed by atoms with Gasteiger partial charge < -0.3 is 9.80 Å². The van der Waals surface area contributed by atoms with Gasteiger partial charge in [-0.25, -0.2) is 0 Å². The molecule has 166 valence electrons. The Morgan fingerprint density at radius 1 is 0.875 bits per heavy atom. The van der Waals surface area contributed by atoms with Gasteiger partial charge in [-0.3, -0.25) is 9.69 Å². The summed E-state index contributed by atoms with van der Waals surface area (Å²) in [7, 11) is 0. The van der Waals surface area contributed by atoms with E-state index in [1.165, 1.54) is 16.3 Å². The summed E-state index contributed by atoms with van der Waals surface area (Å²) in [5, 5.41) is 2.61. The Balaban J connectivity index is 1.36.